The summed E-state index contributed by atoms with van der Waals surface area (Å²) in [5.74, 6) is 0.658. The normalized spacial score (nSPS) is 13.3. The van der Waals surface area contributed by atoms with Gasteiger partial charge in [-0.15, -0.1) is 0 Å². The molecule has 0 aliphatic rings. The Morgan fingerprint density at radius 1 is 1.21 bits per heavy atom. The van der Waals surface area contributed by atoms with Gasteiger partial charge in [-0.2, -0.15) is 0 Å². The van der Waals surface area contributed by atoms with Crippen LogP contribution in [0, 0.1) is 19.8 Å². The van der Waals surface area contributed by atoms with Gasteiger partial charge in [0.1, 0.15) is 0 Å². The molecule has 0 aliphatic carbocycles. The molecule has 1 heteroatoms. The number of rotatable bonds is 3. The standard InChI is InChI=1S/C13H21N/c1-9(2)7-13(14)12-6-5-10(3)8-11(12)4/h5-6,8-9,13H,7,14H2,1-4H3. The van der Waals surface area contributed by atoms with Crippen LogP contribution in [0.3, 0.4) is 0 Å². The maximum Gasteiger partial charge on any atom is 0.0299 e. The smallest absolute Gasteiger partial charge is 0.0299 e. The second-order valence-electron chi connectivity index (χ2n) is 4.60. The Bertz CT molecular complexity index is 302. The molecule has 0 fully saturated rings. The van der Waals surface area contributed by atoms with Crippen molar-refractivity contribution in [3.63, 3.8) is 0 Å². The van der Waals surface area contributed by atoms with Crippen LogP contribution in [0.5, 0.6) is 0 Å². The third-order valence-electron chi connectivity index (χ3n) is 2.55. The molecule has 14 heavy (non-hydrogen) atoms. The van der Waals surface area contributed by atoms with E-state index in [9.17, 15) is 0 Å². The van der Waals surface area contributed by atoms with Crippen LogP contribution in [0.2, 0.25) is 0 Å². The Morgan fingerprint density at radius 3 is 2.36 bits per heavy atom. The first-order chi connectivity index (χ1) is 6.50. The molecule has 78 valence electrons. The minimum atomic E-state index is 0.190. The maximum atomic E-state index is 6.15. The first-order valence-corrected chi connectivity index (χ1v) is 5.33. The zero-order valence-electron chi connectivity index (χ0n) is 9.67. The average Bonchev–Trinajstić information content (AvgIpc) is 2.01. The molecular formula is C13H21N. The van der Waals surface area contributed by atoms with Crippen molar-refractivity contribution in [3.8, 4) is 0 Å². The van der Waals surface area contributed by atoms with Crippen LogP contribution in [0.4, 0.5) is 0 Å². The Hall–Kier alpha value is -0.820. The summed E-state index contributed by atoms with van der Waals surface area (Å²) in [6, 6.07) is 6.70. The van der Waals surface area contributed by atoms with Gasteiger partial charge in [-0.3, -0.25) is 0 Å². The highest BCUT2D eigenvalue weighted by Crippen LogP contribution is 2.22. The Morgan fingerprint density at radius 2 is 1.86 bits per heavy atom. The van der Waals surface area contributed by atoms with Gasteiger partial charge in [0.25, 0.3) is 0 Å². The van der Waals surface area contributed by atoms with E-state index in [1.807, 2.05) is 0 Å². The highest BCUT2D eigenvalue weighted by atomic mass is 14.6. The molecule has 0 aromatic heterocycles. The SMILES string of the molecule is Cc1ccc(C(N)CC(C)C)c(C)c1. The van der Waals surface area contributed by atoms with Gasteiger partial charge >= 0.3 is 0 Å². The largest absolute Gasteiger partial charge is 0.324 e. The third-order valence-corrected chi connectivity index (χ3v) is 2.55. The number of nitrogens with two attached hydrogens (primary N) is 1. The summed E-state index contributed by atoms with van der Waals surface area (Å²) in [4.78, 5) is 0. The van der Waals surface area contributed by atoms with Crippen molar-refractivity contribution in [2.24, 2.45) is 11.7 Å². The molecule has 1 atom stereocenters. The quantitative estimate of drug-likeness (QED) is 0.779. The summed E-state index contributed by atoms with van der Waals surface area (Å²) in [6.45, 7) is 8.68. The Kier molecular flexibility index (Phi) is 3.70. The summed E-state index contributed by atoms with van der Waals surface area (Å²) < 4.78 is 0. The van der Waals surface area contributed by atoms with Crippen LogP contribution in [0.25, 0.3) is 0 Å². The maximum absolute atomic E-state index is 6.15. The van der Waals surface area contributed by atoms with E-state index in [1.54, 1.807) is 0 Å². The highest BCUT2D eigenvalue weighted by molar-refractivity contribution is 5.32. The lowest BCUT2D eigenvalue weighted by atomic mass is 9.94. The van der Waals surface area contributed by atoms with Crippen molar-refractivity contribution >= 4 is 0 Å². The van der Waals surface area contributed by atoms with Crippen molar-refractivity contribution in [2.45, 2.75) is 40.2 Å². The lowest BCUT2D eigenvalue weighted by Crippen LogP contribution is -2.14. The number of benzene rings is 1. The van der Waals surface area contributed by atoms with Crippen molar-refractivity contribution in [1.82, 2.24) is 0 Å². The van der Waals surface area contributed by atoms with Gasteiger partial charge in [0.15, 0.2) is 0 Å². The summed E-state index contributed by atoms with van der Waals surface area (Å²) in [5.41, 5.74) is 10.1. The van der Waals surface area contributed by atoms with Crippen LogP contribution < -0.4 is 5.73 Å². The molecule has 0 heterocycles. The van der Waals surface area contributed by atoms with Gasteiger partial charge in [-0.05, 0) is 37.3 Å². The molecule has 0 aliphatic heterocycles. The van der Waals surface area contributed by atoms with E-state index in [0.29, 0.717) is 5.92 Å². The molecule has 0 amide bonds. The van der Waals surface area contributed by atoms with Gasteiger partial charge in [-0.25, -0.2) is 0 Å². The monoisotopic (exact) mass is 191 g/mol. The van der Waals surface area contributed by atoms with Gasteiger partial charge in [0, 0.05) is 6.04 Å². The van der Waals surface area contributed by atoms with Gasteiger partial charge < -0.3 is 5.73 Å². The molecule has 2 N–H and O–H groups in total. The molecule has 0 spiro atoms. The minimum absolute atomic E-state index is 0.190. The van der Waals surface area contributed by atoms with Crippen LogP contribution >= 0.6 is 0 Å². The van der Waals surface area contributed by atoms with E-state index >= 15 is 0 Å². The molecule has 1 unspecified atom stereocenters. The fraction of sp³-hybridized carbons (Fsp3) is 0.538. The zero-order chi connectivity index (χ0) is 10.7. The predicted molar refractivity (Wildman–Crippen MR) is 62.3 cm³/mol. The third kappa shape index (κ3) is 2.85. The molecule has 0 saturated carbocycles. The zero-order valence-corrected chi connectivity index (χ0v) is 9.67. The average molecular weight is 191 g/mol. The summed E-state index contributed by atoms with van der Waals surface area (Å²) in [7, 11) is 0. The van der Waals surface area contributed by atoms with Crippen LogP contribution in [-0.2, 0) is 0 Å². The van der Waals surface area contributed by atoms with E-state index in [2.05, 4.69) is 45.9 Å². The first-order valence-electron chi connectivity index (χ1n) is 5.33. The first kappa shape index (κ1) is 11.3. The van der Waals surface area contributed by atoms with E-state index in [0.717, 1.165) is 6.42 Å². The van der Waals surface area contributed by atoms with E-state index in [4.69, 9.17) is 5.73 Å². The summed E-state index contributed by atoms with van der Waals surface area (Å²) in [6.07, 6.45) is 1.06. The van der Waals surface area contributed by atoms with Crippen molar-refractivity contribution in [1.29, 1.82) is 0 Å². The highest BCUT2D eigenvalue weighted by Gasteiger charge is 2.10. The molecule has 0 saturated heterocycles. The number of hydrogen-bond donors (Lipinski definition) is 1. The Balaban J connectivity index is 2.84. The number of aryl methyl sites for hydroxylation is 2. The van der Waals surface area contributed by atoms with E-state index in [-0.39, 0.29) is 6.04 Å². The van der Waals surface area contributed by atoms with E-state index < -0.39 is 0 Å². The predicted octanol–water partition coefficient (Wildman–Crippen LogP) is 3.35. The lowest BCUT2D eigenvalue weighted by Gasteiger charge is -2.17. The topological polar surface area (TPSA) is 26.0 Å². The second kappa shape index (κ2) is 4.61. The summed E-state index contributed by atoms with van der Waals surface area (Å²) in [5, 5.41) is 0. The van der Waals surface area contributed by atoms with Gasteiger partial charge in [-0.1, -0.05) is 37.6 Å². The van der Waals surface area contributed by atoms with Gasteiger partial charge in [0.2, 0.25) is 0 Å². The van der Waals surface area contributed by atoms with Crippen molar-refractivity contribution < 1.29 is 0 Å². The van der Waals surface area contributed by atoms with Crippen molar-refractivity contribution in [3.05, 3.63) is 34.9 Å². The van der Waals surface area contributed by atoms with Crippen LogP contribution in [0.1, 0.15) is 43.0 Å². The fourth-order valence-corrected chi connectivity index (χ4v) is 1.88. The molecule has 0 bridgehead atoms. The Labute approximate surface area is 87.3 Å². The lowest BCUT2D eigenvalue weighted by molar-refractivity contribution is 0.508. The van der Waals surface area contributed by atoms with Crippen molar-refractivity contribution in [2.75, 3.05) is 0 Å². The van der Waals surface area contributed by atoms with Crippen LogP contribution in [-0.4, -0.2) is 0 Å². The molecular weight excluding hydrogens is 170 g/mol. The van der Waals surface area contributed by atoms with Crippen LogP contribution in [0.15, 0.2) is 18.2 Å². The molecule has 1 aromatic carbocycles. The van der Waals surface area contributed by atoms with E-state index in [1.165, 1.54) is 16.7 Å². The van der Waals surface area contributed by atoms with Gasteiger partial charge in [0.05, 0.1) is 0 Å². The molecule has 1 nitrogen and oxygen atoms in total. The number of hydrogen-bond acceptors (Lipinski definition) is 1. The summed E-state index contributed by atoms with van der Waals surface area (Å²) >= 11 is 0. The molecule has 0 radical (unpaired) electrons. The molecule has 1 rings (SSSR count). The minimum Gasteiger partial charge on any atom is -0.324 e. The fourth-order valence-electron chi connectivity index (χ4n) is 1.88. The molecule has 1 aromatic rings. The second-order valence-corrected chi connectivity index (χ2v) is 4.60.